The monoisotopic (exact) mass is 554 g/mol. The first-order chi connectivity index (χ1) is 18.6. The Bertz CT molecular complexity index is 1140. The lowest BCUT2D eigenvalue weighted by Crippen LogP contribution is -2.60. The summed E-state index contributed by atoms with van der Waals surface area (Å²) in [4.78, 5) is 37.1. The fraction of sp³-hybridized carbons (Fsp3) is 0.676. The van der Waals surface area contributed by atoms with E-state index in [1.54, 1.807) is 0 Å². The zero-order valence-electron chi connectivity index (χ0n) is 26.1. The van der Waals surface area contributed by atoms with Gasteiger partial charge in [-0.2, -0.15) is 0 Å². The van der Waals surface area contributed by atoms with Gasteiger partial charge in [0, 0.05) is 43.1 Å². The van der Waals surface area contributed by atoms with E-state index in [-0.39, 0.29) is 59.2 Å². The first-order valence-electron chi connectivity index (χ1n) is 14.8. The Labute approximate surface area is 241 Å². The summed E-state index contributed by atoms with van der Waals surface area (Å²) in [5.41, 5.74) is 3.11. The molecule has 6 heteroatoms. The highest BCUT2D eigenvalue weighted by molar-refractivity contribution is 6.00. The van der Waals surface area contributed by atoms with E-state index in [0.717, 1.165) is 36.0 Å². The number of carbonyl (C=O) groups excluding carboxylic acids is 3. The molecule has 3 rings (SSSR count). The van der Waals surface area contributed by atoms with Crippen molar-refractivity contribution in [2.45, 2.75) is 113 Å². The van der Waals surface area contributed by atoms with E-state index in [1.807, 2.05) is 45.9 Å². The van der Waals surface area contributed by atoms with Crippen LogP contribution >= 0.6 is 0 Å². The second-order valence-corrected chi connectivity index (χ2v) is 13.4. The van der Waals surface area contributed by atoms with Crippen LogP contribution < -0.4 is 0 Å². The molecule has 3 aliphatic carbocycles. The summed E-state index contributed by atoms with van der Waals surface area (Å²) in [6.07, 6.45) is 11.8. The van der Waals surface area contributed by atoms with Gasteiger partial charge in [0.2, 0.25) is 0 Å². The number of aliphatic hydroxyl groups excluding tert-OH is 1. The molecule has 1 unspecified atom stereocenters. The second-order valence-electron chi connectivity index (χ2n) is 13.4. The summed E-state index contributed by atoms with van der Waals surface area (Å²) in [5.74, 6) is -0.0670. The number of hydrogen-bond donors (Lipinski definition) is 1. The van der Waals surface area contributed by atoms with Crippen LogP contribution in [-0.4, -0.2) is 41.6 Å². The average Bonchev–Trinajstić information content (AvgIpc) is 3.14. The molecule has 3 saturated carbocycles. The van der Waals surface area contributed by atoms with Crippen molar-refractivity contribution in [2.75, 3.05) is 6.61 Å². The summed E-state index contributed by atoms with van der Waals surface area (Å²) in [6, 6.07) is 0. The Hall–Kier alpha value is -2.47. The molecule has 1 N–H and O–H groups in total. The summed E-state index contributed by atoms with van der Waals surface area (Å²) in [7, 11) is 0. The quantitative estimate of drug-likeness (QED) is 0.153. The Kier molecular flexibility index (Phi) is 9.76. The molecule has 0 radical (unpaired) electrons. The van der Waals surface area contributed by atoms with Crippen LogP contribution in [0.3, 0.4) is 0 Å². The lowest BCUT2D eigenvalue weighted by Gasteiger charge is -2.62. The zero-order chi connectivity index (χ0) is 30.0. The van der Waals surface area contributed by atoms with E-state index in [9.17, 15) is 19.5 Å². The van der Waals surface area contributed by atoms with Gasteiger partial charge in [0.25, 0.3) is 0 Å². The molecule has 0 aromatic heterocycles. The van der Waals surface area contributed by atoms with Crippen molar-refractivity contribution in [3.63, 3.8) is 0 Å². The van der Waals surface area contributed by atoms with Crippen LogP contribution in [0.2, 0.25) is 0 Å². The van der Waals surface area contributed by atoms with Gasteiger partial charge in [-0.25, -0.2) is 0 Å². The highest BCUT2D eigenvalue weighted by Crippen LogP contribution is 2.69. The first kappa shape index (κ1) is 32.0. The number of ether oxygens (including phenoxy) is 2. The molecule has 0 aromatic rings. The van der Waals surface area contributed by atoms with Gasteiger partial charge in [-0.15, -0.1) is 0 Å². The van der Waals surface area contributed by atoms with Gasteiger partial charge in [-0.05, 0) is 81.8 Å². The third kappa shape index (κ3) is 6.07. The molecule has 0 aliphatic heterocycles. The minimum atomic E-state index is -0.531. The van der Waals surface area contributed by atoms with Gasteiger partial charge in [0.1, 0.15) is 12.2 Å². The fourth-order valence-corrected chi connectivity index (χ4v) is 8.39. The van der Waals surface area contributed by atoms with E-state index in [0.29, 0.717) is 19.3 Å². The molecule has 0 bridgehead atoms. The zero-order valence-corrected chi connectivity index (χ0v) is 26.1. The average molecular weight is 555 g/mol. The van der Waals surface area contributed by atoms with E-state index in [4.69, 9.17) is 9.47 Å². The molecule has 7 atom stereocenters. The van der Waals surface area contributed by atoms with Crippen molar-refractivity contribution < 1.29 is 29.0 Å². The Morgan fingerprint density at radius 2 is 1.68 bits per heavy atom. The van der Waals surface area contributed by atoms with Crippen LogP contribution in [-0.2, 0) is 23.9 Å². The number of aliphatic hydroxyl groups is 1. The number of esters is 2. The molecule has 0 aromatic carbocycles. The Morgan fingerprint density at radius 1 is 1.00 bits per heavy atom. The van der Waals surface area contributed by atoms with Gasteiger partial charge < -0.3 is 14.6 Å². The predicted octanol–water partition coefficient (Wildman–Crippen LogP) is 6.83. The minimum Gasteiger partial charge on any atom is -0.462 e. The smallest absolute Gasteiger partial charge is 0.303 e. The van der Waals surface area contributed by atoms with Gasteiger partial charge in [0.05, 0.1) is 6.61 Å². The number of fused-ring (bicyclic) bond motifs is 3. The largest absolute Gasteiger partial charge is 0.462 e. The van der Waals surface area contributed by atoms with Crippen molar-refractivity contribution in [3.05, 3.63) is 46.6 Å². The number of Topliss-reactive ketones (excluding diaryl/α,β-unsaturated/α-hetero) is 1. The van der Waals surface area contributed by atoms with Crippen LogP contribution in [0.5, 0.6) is 0 Å². The van der Waals surface area contributed by atoms with Crippen LogP contribution in [0.1, 0.15) is 101 Å². The number of rotatable bonds is 8. The van der Waals surface area contributed by atoms with Gasteiger partial charge >= 0.3 is 11.9 Å². The predicted molar refractivity (Wildman–Crippen MR) is 157 cm³/mol. The third-order valence-corrected chi connectivity index (χ3v) is 10.3. The molecule has 3 fully saturated rings. The normalized spacial score (nSPS) is 36.0. The highest BCUT2D eigenvalue weighted by Gasteiger charge is 2.66. The molecule has 222 valence electrons. The summed E-state index contributed by atoms with van der Waals surface area (Å²) in [6.45, 7) is 17.5. The van der Waals surface area contributed by atoms with E-state index >= 15 is 0 Å². The van der Waals surface area contributed by atoms with Crippen molar-refractivity contribution in [1.29, 1.82) is 0 Å². The SMILES string of the molecule is CC(=O)O[C@@H](CC=C(C)C)/C(C)=C/C=C/C(C)=C1\C(=O)C[C@H]2[C@@]3(C)CC[C@H](OC(C)=O)C(C)(CO)[C@@H]3CC[C@]12C. The van der Waals surface area contributed by atoms with Crippen LogP contribution in [0.15, 0.2) is 46.6 Å². The maximum atomic E-state index is 13.6. The molecule has 0 spiro atoms. The van der Waals surface area contributed by atoms with Crippen molar-refractivity contribution in [1.82, 2.24) is 0 Å². The van der Waals surface area contributed by atoms with Crippen LogP contribution in [0.25, 0.3) is 0 Å². The van der Waals surface area contributed by atoms with Gasteiger partial charge in [-0.1, -0.05) is 50.6 Å². The first-order valence-corrected chi connectivity index (χ1v) is 14.8. The molecule has 0 heterocycles. The summed E-state index contributed by atoms with van der Waals surface area (Å²) < 4.78 is 11.3. The number of carbonyl (C=O) groups is 3. The van der Waals surface area contributed by atoms with Crippen LogP contribution in [0.4, 0.5) is 0 Å². The number of allylic oxidation sites excluding steroid dienone is 6. The lowest BCUT2D eigenvalue weighted by atomic mass is 9.43. The van der Waals surface area contributed by atoms with E-state index in [2.05, 4.69) is 26.8 Å². The molecular formula is C34H50O6. The summed E-state index contributed by atoms with van der Waals surface area (Å²) in [5, 5.41) is 10.6. The maximum absolute atomic E-state index is 13.6. The summed E-state index contributed by atoms with van der Waals surface area (Å²) >= 11 is 0. The van der Waals surface area contributed by atoms with Crippen molar-refractivity contribution in [3.8, 4) is 0 Å². The highest BCUT2D eigenvalue weighted by atomic mass is 16.5. The lowest BCUT2D eigenvalue weighted by molar-refractivity contribution is -0.198. The topological polar surface area (TPSA) is 89.9 Å². The Morgan fingerprint density at radius 3 is 2.25 bits per heavy atom. The van der Waals surface area contributed by atoms with Crippen molar-refractivity contribution >= 4 is 17.7 Å². The van der Waals surface area contributed by atoms with Crippen LogP contribution in [0, 0.1) is 28.1 Å². The van der Waals surface area contributed by atoms with Crippen molar-refractivity contribution in [2.24, 2.45) is 28.1 Å². The van der Waals surface area contributed by atoms with Gasteiger partial charge in [-0.3, -0.25) is 14.4 Å². The standard InChI is InChI=1S/C34H50O6/c1-21(2)13-14-27(39-24(5)36)22(3)11-10-12-23(4)31-26(38)19-29-32(7)18-16-30(40-25(6)37)34(9,20-35)28(32)15-17-33(29,31)8/h10-13,27-30,35H,14-20H2,1-9H3/b12-10+,22-11+,31-23+/t27-,28+,29-,30-,32-,33-,34?/m0/s1. The maximum Gasteiger partial charge on any atom is 0.303 e. The molecule has 40 heavy (non-hydrogen) atoms. The fourth-order valence-electron chi connectivity index (χ4n) is 8.39. The number of ketones is 1. The van der Waals surface area contributed by atoms with Gasteiger partial charge in [0.15, 0.2) is 5.78 Å². The second kappa shape index (κ2) is 12.2. The molecule has 0 saturated heterocycles. The third-order valence-electron chi connectivity index (χ3n) is 10.3. The number of hydrogen-bond acceptors (Lipinski definition) is 6. The molecular weight excluding hydrogens is 504 g/mol. The molecule has 0 amide bonds. The molecule has 3 aliphatic rings. The minimum absolute atomic E-state index is 0.0410. The van der Waals surface area contributed by atoms with E-state index in [1.165, 1.54) is 19.4 Å². The Balaban J connectivity index is 1.90. The van der Waals surface area contributed by atoms with E-state index < -0.39 is 5.41 Å². The molecule has 6 nitrogen and oxygen atoms in total.